The van der Waals surface area contributed by atoms with Gasteiger partial charge in [0.1, 0.15) is 5.75 Å². The van der Waals surface area contributed by atoms with E-state index in [0.29, 0.717) is 0 Å². The van der Waals surface area contributed by atoms with Gasteiger partial charge < -0.3 is 10.4 Å². The van der Waals surface area contributed by atoms with Crippen molar-refractivity contribution in [3.63, 3.8) is 0 Å². The molecular weight excluding hydrogens is 222 g/mol. The Bertz CT molecular complexity index is 505. The van der Waals surface area contributed by atoms with Crippen LogP contribution in [0, 0.1) is 0 Å². The Balaban J connectivity index is 3.40. The second-order valence-electron chi connectivity index (χ2n) is 3.71. The minimum atomic E-state index is -0.359. The van der Waals surface area contributed by atoms with Gasteiger partial charge in [-0.3, -0.25) is 14.4 Å². The lowest BCUT2D eigenvalue weighted by atomic mass is 10.0. The molecule has 5 heteroatoms. The largest absolute Gasteiger partial charge is 0.507 e. The van der Waals surface area contributed by atoms with Gasteiger partial charge in [0.05, 0.1) is 11.3 Å². The molecule has 5 nitrogen and oxygen atoms in total. The Morgan fingerprint density at radius 3 is 1.94 bits per heavy atom. The molecule has 2 N–H and O–H groups in total. The third-order valence-corrected chi connectivity index (χ3v) is 2.21. The second kappa shape index (κ2) is 4.78. The van der Waals surface area contributed by atoms with Gasteiger partial charge in [-0.2, -0.15) is 0 Å². The quantitative estimate of drug-likeness (QED) is 0.782. The fourth-order valence-corrected chi connectivity index (χ4v) is 1.45. The molecule has 0 aliphatic heterocycles. The number of hydrogen-bond donors (Lipinski definition) is 2. The van der Waals surface area contributed by atoms with E-state index in [9.17, 15) is 19.5 Å². The van der Waals surface area contributed by atoms with Gasteiger partial charge in [-0.1, -0.05) is 0 Å². The Morgan fingerprint density at radius 2 is 1.53 bits per heavy atom. The van der Waals surface area contributed by atoms with E-state index in [1.807, 2.05) is 0 Å². The Hall–Kier alpha value is -2.17. The molecule has 1 aromatic carbocycles. The zero-order chi connectivity index (χ0) is 13.2. The monoisotopic (exact) mass is 235 g/mol. The summed E-state index contributed by atoms with van der Waals surface area (Å²) < 4.78 is 0. The fraction of sp³-hybridized carbons (Fsp3) is 0.250. The van der Waals surface area contributed by atoms with E-state index in [-0.39, 0.29) is 40.0 Å². The van der Waals surface area contributed by atoms with Crippen molar-refractivity contribution in [2.45, 2.75) is 20.8 Å². The van der Waals surface area contributed by atoms with Crippen LogP contribution in [-0.4, -0.2) is 22.6 Å². The standard InChI is InChI=1S/C12H13NO4/c1-6(14)9-4-10(7(2)15)12(17)5-11(9)13-8(3)16/h4-5,17H,1-3H3,(H,13,16). The topological polar surface area (TPSA) is 83.5 Å². The fourth-order valence-electron chi connectivity index (χ4n) is 1.45. The number of rotatable bonds is 3. The minimum Gasteiger partial charge on any atom is -0.507 e. The highest BCUT2D eigenvalue weighted by Gasteiger charge is 2.15. The zero-order valence-electron chi connectivity index (χ0n) is 9.83. The molecule has 17 heavy (non-hydrogen) atoms. The maximum atomic E-state index is 11.4. The predicted molar refractivity (Wildman–Crippen MR) is 62.4 cm³/mol. The third-order valence-electron chi connectivity index (χ3n) is 2.21. The number of carbonyl (C=O) groups is 3. The Labute approximate surface area is 98.4 Å². The van der Waals surface area contributed by atoms with Crippen LogP contribution in [0.4, 0.5) is 5.69 Å². The van der Waals surface area contributed by atoms with Crippen LogP contribution >= 0.6 is 0 Å². The third kappa shape index (κ3) is 2.90. The Kier molecular flexibility index (Phi) is 3.62. The van der Waals surface area contributed by atoms with Gasteiger partial charge in [0.2, 0.25) is 5.91 Å². The summed E-state index contributed by atoms with van der Waals surface area (Å²) in [5.41, 5.74) is 0.458. The average molecular weight is 235 g/mol. The van der Waals surface area contributed by atoms with E-state index < -0.39 is 0 Å². The summed E-state index contributed by atoms with van der Waals surface area (Å²) in [5.74, 6) is -1.26. The van der Waals surface area contributed by atoms with Crippen LogP contribution in [0.1, 0.15) is 41.5 Å². The predicted octanol–water partition coefficient (Wildman–Crippen LogP) is 1.76. The molecule has 90 valence electrons. The second-order valence-corrected chi connectivity index (χ2v) is 3.71. The molecule has 0 atom stereocenters. The van der Waals surface area contributed by atoms with E-state index in [4.69, 9.17) is 0 Å². The zero-order valence-corrected chi connectivity index (χ0v) is 9.83. The van der Waals surface area contributed by atoms with Crippen molar-refractivity contribution in [1.82, 2.24) is 0 Å². The maximum absolute atomic E-state index is 11.4. The van der Waals surface area contributed by atoms with Gasteiger partial charge in [0.15, 0.2) is 11.6 Å². The van der Waals surface area contributed by atoms with Crippen LogP contribution in [0.25, 0.3) is 0 Å². The maximum Gasteiger partial charge on any atom is 0.221 e. The molecule has 0 heterocycles. The first-order valence-corrected chi connectivity index (χ1v) is 4.99. The first-order chi connectivity index (χ1) is 7.82. The molecule has 0 saturated carbocycles. The summed E-state index contributed by atoms with van der Waals surface area (Å²) in [5, 5.41) is 12.0. The average Bonchev–Trinajstić information content (AvgIpc) is 2.15. The van der Waals surface area contributed by atoms with Crippen molar-refractivity contribution in [2.24, 2.45) is 0 Å². The van der Waals surface area contributed by atoms with Gasteiger partial charge in [0.25, 0.3) is 0 Å². The van der Waals surface area contributed by atoms with Crippen LogP contribution in [0.2, 0.25) is 0 Å². The number of aromatic hydroxyl groups is 1. The molecule has 1 amide bonds. The van der Waals surface area contributed by atoms with Crippen molar-refractivity contribution >= 4 is 23.2 Å². The highest BCUT2D eigenvalue weighted by atomic mass is 16.3. The van der Waals surface area contributed by atoms with Crippen LogP contribution in [0.3, 0.4) is 0 Å². The number of hydrogen-bond acceptors (Lipinski definition) is 4. The number of carbonyl (C=O) groups excluding carboxylic acids is 3. The molecule has 0 aliphatic rings. The van der Waals surface area contributed by atoms with Crippen LogP contribution < -0.4 is 5.32 Å². The van der Waals surface area contributed by atoms with E-state index in [1.54, 1.807) is 0 Å². The van der Waals surface area contributed by atoms with Crippen LogP contribution in [0.5, 0.6) is 5.75 Å². The minimum absolute atomic E-state index is 0.0595. The number of phenolic OH excluding ortho intramolecular Hbond substituents is 1. The normalized spacial score (nSPS) is 9.82. The number of benzene rings is 1. The van der Waals surface area contributed by atoms with E-state index in [1.165, 1.54) is 32.9 Å². The van der Waals surface area contributed by atoms with Gasteiger partial charge >= 0.3 is 0 Å². The summed E-state index contributed by atoms with van der Waals surface area (Å²) >= 11 is 0. The lowest BCUT2D eigenvalue weighted by molar-refractivity contribution is -0.114. The lowest BCUT2D eigenvalue weighted by Crippen LogP contribution is -2.11. The summed E-state index contributed by atoms with van der Waals surface area (Å²) in [4.78, 5) is 33.6. The highest BCUT2D eigenvalue weighted by molar-refractivity contribution is 6.07. The number of amides is 1. The van der Waals surface area contributed by atoms with Crippen LogP contribution in [-0.2, 0) is 4.79 Å². The number of nitrogens with one attached hydrogen (secondary N) is 1. The smallest absolute Gasteiger partial charge is 0.221 e. The number of Topliss-reactive ketones (excluding diaryl/α,β-unsaturated/α-hetero) is 2. The lowest BCUT2D eigenvalue weighted by Gasteiger charge is -2.10. The van der Waals surface area contributed by atoms with Gasteiger partial charge in [-0.15, -0.1) is 0 Å². The van der Waals surface area contributed by atoms with Crippen LogP contribution in [0.15, 0.2) is 12.1 Å². The molecule has 0 unspecified atom stereocenters. The van der Waals surface area contributed by atoms with Crippen molar-refractivity contribution in [2.75, 3.05) is 5.32 Å². The highest BCUT2D eigenvalue weighted by Crippen LogP contribution is 2.27. The molecule has 0 aromatic heterocycles. The SMILES string of the molecule is CC(=O)Nc1cc(O)c(C(C)=O)cc1C(C)=O. The number of anilines is 1. The number of ketones is 2. The van der Waals surface area contributed by atoms with Gasteiger partial charge in [-0.25, -0.2) is 0 Å². The molecule has 0 saturated heterocycles. The van der Waals surface area contributed by atoms with Crippen molar-refractivity contribution < 1.29 is 19.5 Å². The summed E-state index contributed by atoms with van der Waals surface area (Å²) in [6, 6.07) is 2.49. The van der Waals surface area contributed by atoms with E-state index in [2.05, 4.69) is 5.32 Å². The first-order valence-electron chi connectivity index (χ1n) is 4.99. The van der Waals surface area contributed by atoms with Crippen molar-refractivity contribution in [1.29, 1.82) is 0 Å². The van der Waals surface area contributed by atoms with Crippen molar-refractivity contribution in [3.8, 4) is 5.75 Å². The molecule has 0 bridgehead atoms. The molecular formula is C12H13NO4. The van der Waals surface area contributed by atoms with Crippen molar-refractivity contribution in [3.05, 3.63) is 23.3 Å². The molecule has 1 rings (SSSR count). The molecule has 0 spiro atoms. The summed E-state index contributed by atoms with van der Waals surface area (Å²) in [6.07, 6.45) is 0. The molecule has 0 aliphatic carbocycles. The molecule has 0 fully saturated rings. The Morgan fingerprint density at radius 1 is 1.00 bits per heavy atom. The number of phenols is 1. The summed E-state index contributed by atoms with van der Waals surface area (Å²) in [6.45, 7) is 3.90. The summed E-state index contributed by atoms with van der Waals surface area (Å²) in [7, 11) is 0. The van der Waals surface area contributed by atoms with E-state index in [0.717, 1.165) is 0 Å². The first kappa shape index (κ1) is 12.9. The molecule has 1 aromatic rings. The van der Waals surface area contributed by atoms with Gasteiger partial charge in [0, 0.05) is 18.6 Å². The van der Waals surface area contributed by atoms with Gasteiger partial charge in [-0.05, 0) is 19.9 Å². The van der Waals surface area contributed by atoms with E-state index >= 15 is 0 Å². The molecule has 0 radical (unpaired) electrons.